The molecule has 5 nitrogen and oxygen atoms in total. The quantitative estimate of drug-likeness (QED) is 0.898. The zero-order valence-electron chi connectivity index (χ0n) is 12.6. The molecule has 0 saturated carbocycles. The molecule has 2 rings (SSSR count). The van der Waals surface area contributed by atoms with E-state index in [0.717, 1.165) is 12.1 Å². The van der Waals surface area contributed by atoms with Crippen LogP contribution in [0.2, 0.25) is 5.02 Å². The molecule has 24 heavy (non-hydrogen) atoms. The molecule has 1 heterocycles. The Kier molecular flexibility index (Phi) is 4.98. The molecule has 0 fully saturated rings. The molecular weight excluding hydrogens is 349 g/mol. The van der Waals surface area contributed by atoms with E-state index in [1.165, 1.54) is 13.2 Å². The van der Waals surface area contributed by atoms with Gasteiger partial charge in [0.25, 0.3) is 0 Å². The van der Waals surface area contributed by atoms with Gasteiger partial charge in [-0.25, -0.2) is 9.78 Å². The second kappa shape index (κ2) is 6.64. The van der Waals surface area contributed by atoms with Crippen LogP contribution in [0.5, 0.6) is 5.88 Å². The second-order valence-corrected chi connectivity index (χ2v) is 5.31. The fraction of sp³-hybridized carbons (Fsp3) is 0.267. The fourth-order valence-corrected chi connectivity index (χ4v) is 2.34. The van der Waals surface area contributed by atoms with E-state index in [2.05, 4.69) is 9.97 Å². The molecule has 0 aliphatic heterocycles. The number of rotatable bonds is 4. The highest BCUT2D eigenvalue weighted by molar-refractivity contribution is 6.31. The molecule has 0 unspecified atom stereocenters. The van der Waals surface area contributed by atoms with Crippen molar-refractivity contribution in [2.45, 2.75) is 19.5 Å². The van der Waals surface area contributed by atoms with E-state index in [0.29, 0.717) is 16.8 Å². The van der Waals surface area contributed by atoms with Gasteiger partial charge < -0.3 is 9.84 Å². The summed E-state index contributed by atoms with van der Waals surface area (Å²) in [5.41, 5.74) is 0.356. The molecule has 1 N–H and O–H groups in total. The van der Waals surface area contributed by atoms with E-state index >= 15 is 0 Å². The van der Waals surface area contributed by atoms with Crippen molar-refractivity contribution in [1.82, 2.24) is 9.97 Å². The van der Waals surface area contributed by atoms with Crippen molar-refractivity contribution < 1.29 is 27.8 Å². The number of aromatic carboxylic acids is 1. The summed E-state index contributed by atoms with van der Waals surface area (Å²) in [5.74, 6) is -1.70. The van der Waals surface area contributed by atoms with Crippen LogP contribution < -0.4 is 4.74 Å². The predicted molar refractivity (Wildman–Crippen MR) is 79.5 cm³/mol. The summed E-state index contributed by atoms with van der Waals surface area (Å²) in [4.78, 5) is 18.6. The Morgan fingerprint density at radius 1 is 1.33 bits per heavy atom. The normalized spacial score (nSPS) is 11.4. The van der Waals surface area contributed by atoms with Crippen LogP contribution in [0.4, 0.5) is 13.2 Å². The molecule has 0 amide bonds. The Labute approximate surface area is 140 Å². The summed E-state index contributed by atoms with van der Waals surface area (Å²) in [6.07, 6.45) is -4.38. The third-order valence-corrected chi connectivity index (χ3v) is 3.66. The molecule has 0 bridgehead atoms. The second-order valence-electron chi connectivity index (χ2n) is 4.91. The summed E-state index contributed by atoms with van der Waals surface area (Å²) in [6, 6.07) is 3.02. The van der Waals surface area contributed by atoms with E-state index in [1.807, 2.05) is 0 Å². The number of carboxylic acid groups (broad SMARTS) is 1. The monoisotopic (exact) mass is 360 g/mol. The molecule has 0 atom stereocenters. The van der Waals surface area contributed by atoms with E-state index in [4.69, 9.17) is 21.4 Å². The number of carbonyl (C=O) groups is 1. The van der Waals surface area contributed by atoms with Crippen LogP contribution in [0.15, 0.2) is 18.2 Å². The molecule has 0 radical (unpaired) electrons. The van der Waals surface area contributed by atoms with Gasteiger partial charge in [-0.05, 0) is 24.6 Å². The van der Waals surface area contributed by atoms with Gasteiger partial charge in [-0.15, -0.1) is 0 Å². The number of halogens is 4. The van der Waals surface area contributed by atoms with Crippen LogP contribution in [-0.4, -0.2) is 28.2 Å². The minimum atomic E-state index is -4.48. The molecule has 2 aromatic rings. The minimum absolute atomic E-state index is 0.0378. The number of alkyl halides is 3. The maximum atomic E-state index is 12.7. The van der Waals surface area contributed by atoms with Gasteiger partial charge >= 0.3 is 12.1 Å². The van der Waals surface area contributed by atoms with Gasteiger partial charge in [0.1, 0.15) is 0 Å². The Hall–Kier alpha value is -2.35. The summed E-state index contributed by atoms with van der Waals surface area (Å²) in [6.45, 7) is 1.56. The summed E-state index contributed by atoms with van der Waals surface area (Å²) in [7, 11) is 1.31. The molecule has 0 aliphatic rings. The molecule has 128 valence electrons. The third-order valence-electron chi connectivity index (χ3n) is 3.31. The molecule has 0 aliphatic carbocycles. The lowest BCUT2D eigenvalue weighted by molar-refractivity contribution is -0.137. The largest absolute Gasteiger partial charge is 0.481 e. The fourth-order valence-electron chi connectivity index (χ4n) is 2.10. The van der Waals surface area contributed by atoms with E-state index in [9.17, 15) is 18.0 Å². The Balaban J connectivity index is 2.43. The van der Waals surface area contributed by atoms with Crippen molar-refractivity contribution in [3.8, 4) is 5.88 Å². The predicted octanol–water partition coefficient (Wildman–Crippen LogP) is 3.75. The Bertz CT molecular complexity index is 794. The lowest BCUT2D eigenvalue weighted by Gasteiger charge is -2.13. The van der Waals surface area contributed by atoms with Gasteiger partial charge in [-0.3, -0.25) is 0 Å². The van der Waals surface area contributed by atoms with Crippen molar-refractivity contribution in [1.29, 1.82) is 0 Å². The molecular formula is C15H12ClF3N2O3. The number of benzene rings is 1. The molecule has 1 aromatic carbocycles. The Morgan fingerprint density at radius 2 is 2.00 bits per heavy atom. The highest BCUT2D eigenvalue weighted by Crippen LogP contribution is 2.33. The summed E-state index contributed by atoms with van der Waals surface area (Å²) in [5, 5.41) is 8.89. The number of carboxylic acids is 1. The number of hydrogen-bond donors (Lipinski definition) is 1. The number of aryl methyl sites for hydroxylation is 1. The van der Waals surface area contributed by atoms with Crippen molar-refractivity contribution in [3.63, 3.8) is 0 Å². The average molecular weight is 361 g/mol. The van der Waals surface area contributed by atoms with Gasteiger partial charge in [-0.1, -0.05) is 17.7 Å². The van der Waals surface area contributed by atoms with Gasteiger partial charge in [0.2, 0.25) is 11.7 Å². The third kappa shape index (κ3) is 3.76. The lowest BCUT2D eigenvalue weighted by atomic mass is 10.0. The van der Waals surface area contributed by atoms with Crippen LogP contribution >= 0.6 is 11.6 Å². The first-order chi connectivity index (χ1) is 11.1. The molecule has 0 saturated heterocycles. The first kappa shape index (κ1) is 18.0. The highest BCUT2D eigenvalue weighted by atomic mass is 35.5. The standard InChI is InChI=1S/C15H12ClF3N2O3/c1-7-10(13(24-2)21-12(20-7)14(22)23)5-8-3-4-9(6-11(8)16)15(17,18)19/h3-4,6H,5H2,1-2H3,(H,22,23). The average Bonchev–Trinajstić information content (AvgIpc) is 2.49. The maximum Gasteiger partial charge on any atom is 0.416 e. The number of aromatic nitrogens is 2. The highest BCUT2D eigenvalue weighted by Gasteiger charge is 2.31. The van der Waals surface area contributed by atoms with Gasteiger partial charge in [0.05, 0.1) is 12.7 Å². The maximum absolute atomic E-state index is 12.7. The number of hydrogen-bond acceptors (Lipinski definition) is 4. The minimum Gasteiger partial charge on any atom is -0.481 e. The van der Waals surface area contributed by atoms with Crippen molar-refractivity contribution in [3.05, 3.63) is 51.4 Å². The van der Waals surface area contributed by atoms with Crippen LogP contribution in [0, 0.1) is 6.92 Å². The summed E-state index contributed by atoms with van der Waals surface area (Å²) < 4.78 is 43.1. The summed E-state index contributed by atoms with van der Waals surface area (Å²) >= 11 is 5.94. The zero-order chi connectivity index (χ0) is 18.1. The van der Waals surface area contributed by atoms with E-state index in [1.54, 1.807) is 6.92 Å². The first-order valence-corrected chi connectivity index (χ1v) is 7.01. The number of methoxy groups -OCH3 is 1. The number of nitrogens with zero attached hydrogens (tertiary/aromatic N) is 2. The molecule has 9 heteroatoms. The van der Waals surface area contributed by atoms with Crippen molar-refractivity contribution in [2.75, 3.05) is 7.11 Å². The van der Waals surface area contributed by atoms with Crippen LogP contribution in [0.1, 0.15) is 33.0 Å². The van der Waals surface area contributed by atoms with E-state index in [-0.39, 0.29) is 17.3 Å². The van der Waals surface area contributed by atoms with Crippen LogP contribution in [-0.2, 0) is 12.6 Å². The van der Waals surface area contributed by atoms with Crippen molar-refractivity contribution >= 4 is 17.6 Å². The van der Waals surface area contributed by atoms with Gasteiger partial charge in [0, 0.05) is 22.7 Å². The van der Waals surface area contributed by atoms with Gasteiger partial charge in [0.15, 0.2) is 0 Å². The molecule has 0 spiro atoms. The smallest absolute Gasteiger partial charge is 0.416 e. The zero-order valence-corrected chi connectivity index (χ0v) is 13.4. The SMILES string of the molecule is COc1nc(C(=O)O)nc(C)c1Cc1ccc(C(F)(F)F)cc1Cl. The van der Waals surface area contributed by atoms with Crippen LogP contribution in [0.25, 0.3) is 0 Å². The lowest BCUT2D eigenvalue weighted by Crippen LogP contribution is -2.11. The molecule has 1 aromatic heterocycles. The van der Waals surface area contributed by atoms with Crippen molar-refractivity contribution in [2.24, 2.45) is 0 Å². The number of ether oxygens (including phenoxy) is 1. The van der Waals surface area contributed by atoms with E-state index < -0.39 is 23.5 Å². The van der Waals surface area contributed by atoms with Crippen LogP contribution in [0.3, 0.4) is 0 Å². The topological polar surface area (TPSA) is 72.3 Å². The Morgan fingerprint density at radius 3 is 2.50 bits per heavy atom. The first-order valence-electron chi connectivity index (χ1n) is 6.64. The van der Waals surface area contributed by atoms with Gasteiger partial charge in [-0.2, -0.15) is 18.2 Å².